The normalized spacial score (nSPS) is 12.2. The summed E-state index contributed by atoms with van der Waals surface area (Å²) in [5.41, 5.74) is 4.75. The fourth-order valence-corrected chi connectivity index (χ4v) is 5.34. The van der Waals surface area contributed by atoms with Crippen LogP contribution in [0.2, 0.25) is 0 Å². The van der Waals surface area contributed by atoms with Crippen LogP contribution in [0.3, 0.4) is 0 Å². The molecule has 0 aliphatic rings. The lowest BCUT2D eigenvalue weighted by atomic mass is 9.98. The number of rotatable bonds is 9. The van der Waals surface area contributed by atoms with Gasteiger partial charge < -0.3 is 19.3 Å². The lowest BCUT2D eigenvalue weighted by Gasteiger charge is -2.15. The molecule has 1 unspecified atom stereocenters. The Bertz CT molecular complexity index is 1500. The van der Waals surface area contributed by atoms with Gasteiger partial charge in [0.2, 0.25) is 5.91 Å². The quantitative estimate of drug-likeness (QED) is 0.299. The number of hydrogen-bond donors (Lipinski definition) is 2. The van der Waals surface area contributed by atoms with Gasteiger partial charge in [-0.2, -0.15) is 11.8 Å². The largest absolute Gasteiger partial charge is 0.480 e. The number of carbonyl (C=O) groups is 2. The summed E-state index contributed by atoms with van der Waals surface area (Å²) in [6, 6.07) is 10.7. The molecule has 8 heteroatoms. The van der Waals surface area contributed by atoms with Crippen molar-refractivity contribution in [3.63, 3.8) is 0 Å². The van der Waals surface area contributed by atoms with E-state index in [9.17, 15) is 19.5 Å². The average Bonchev–Trinajstić information content (AvgIpc) is 3.13. The van der Waals surface area contributed by atoms with Gasteiger partial charge in [-0.3, -0.25) is 4.79 Å². The molecule has 2 N–H and O–H groups in total. The van der Waals surface area contributed by atoms with Crippen molar-refractivity contribution in [2.45, 2.75) is 52.3 Å². The number of aliphatic carboxylic acids is 1. The van der Waals surface area contributed by atoms with Gasteiger partial charge in [-0.25, -0.2) is 9.59 Å². The van der Waals surface area contributed by atoms with Crippen LogP contribution in [0, 0.1) is 27.7 Å². The highest BCUT2D eigenvalue weighted by Gasteiger charge is 2.22. The topological polar surface area (TPSA) is 110 Å². The maximum absolute atomic E-state index is 12.8. The van der Waals surface area contributed by atoms with E-state index in [1.165, 1.54) is 11.8 Å². The van der Waals surface area contributed by atoms with Gasteiger partial charge in [0.1, 0.15) is 23.0 Å². The van der Waals surface area contributed by atoms with E-state index in [4.69, 9.17) is 8.83 Å². The molecular formula is C28H29NO6S. The summed E-state index contributed by atoms with van der Waals surface area (Å²) in [5, 5.41) is 13.9. The van der Waals surface area contributed by atoms with E-state index in [0.717, 1.165) is 38.8 Å². The molecule has 0 aliphatic carbocycles. The summed E-state index contributed by atoms with van der Waals surface area (Å²) < 4.78 is 11.5. The molecular weight excluding hydrogens is 478 g/mol. The number of fused-ring (bicyclic) bond motifs is 2. The van der Waals surface area contributed by atoms with Gasteiger partial charge in [0, 0.05) is 39.8 Å². The molecule has 4 aromatic rings. The Morgan fingerprint density at radius 2 is 1.64 bits per heavy atom. The predicted molar refractivity (Wildman–Crippen MR) is 142 cm³/mol. The molecule has 2 aromatic carbocycles. The highest BCUT2D eigenvalue weighted by Crippen LogP contribution is 2.34. The molecule has 0 spiro atoms. The van der Waals surface area contributed by atoms with Crippen molar-refractivity contribution in [1.29, 1.82) is 0 Å². The van der Waals surface area contributed by atoms with Crippen molar-refractivity contribution in [2.75, 3.05) is 5.75 Å². The third-order valence-electron chi connectivity index (χ3n) is 6.58. The van der Waals surface area contributed by atoms with Crippen LogP contribution in [0.25, 0.3) is 21.9 Å². The van der Waals surface area contributed by atoms with Crippen molar-refractivity contribution in [3.05, 3.63) is 80.4 Å². The number of nitrogens with one attached hydrogen (secondary N) is 1. The molecule has 1 amide bonds. The molecule has 0 radical (unpaired) electrons. The van der Waals surface area contributed by atoms with E-state index >= 15 is 0 Å². The maximum atomic E-state index is 12.8. The van der Waals surface area contributed by atoms with Crippen molar-refractivity contribution < 1.29 is 23.5 Å². The fourth-order valence-electron chi connectivity index (χ4n) is 4.33. The minimum absolute atomic E-state index is 0.0185. The van der Waals surface area contributed by atoms with Gasteiger partial charge in [-0.1, -0.05) is 30.3 Å². The lowest BCUT2D eigenvalue weighted by molar-refractivity contribution is -0.141. The fraction of sp³-hybridized carbons (Fsp3) is 0.321. The van der Waals surface area contributed by atoms with Crippen molar-refractivity contribution in [3.8, 4) is 0 Å². The molecule has 2 aromatic heterocycles. The Labute approximate surface area is 212 Å². The SMILES string of the molecule is Cc1oc2c(C)c3oc(=O)c(CCC(=O)NC(CSCc4ccccc4)C(=O)O)c(C)c3cc2c1C. The first-order chi connectivity index (χ1) is 17.2. The van der Waals surface area contributed by atoms with Crippen molar-refractivity contribution >= 4 is 45.6 Å². The number of hydrogen-bond acceptors (Lipinski definition) is 6. The lowest BCUT2D eigenvalue weighted by Crippen LogP contribution is -2.42. The van der Waals surface area contributed by atoms with E-state index in [1.54, 1.807) is 0 Å². The summed E-state index contributed by atoms with van der Waals surface area (Å²) in [4.78, 5) is 37.1. The second kappa shape index (κ2) is 10.6. The smallest absolute Gasteiger partial charge is 0.339 e. The zero-order chi connectivity index (χ0) is 26.0. The summed E-state index contributed by atoms with van der Waals surface area (Å²) in [6.07, 6.45) is 0.134. The van der Waals surface area contributed by atoms with Crippen LogP contribution in [0.4, 0.5) is 0 Å². The minimum Gasteiger partial charge on any atom is -0.480 e. The van der Waals surface area contributed by atoms with E-state index in [2.05, 4.69) is 5.32 Å². The molecule has 0 saturated heterocycles. The Balaban J connectivity index is 1.47. The van der Waals surface area contributed by atoms with Gasteiger partial charge in [0.15, 0.2) is 0 Å². The first-order valence-electron chi connectivity index (χ1n) is 11.8. The highest BCUT2D eigenvalue weighted by atomic mass is 32.2. The van der Waals surface area contributed by atoms with Crippen LogP contribution < -0.4 is 10.9 Å². The molecule has 0 fully saturated rings. The van der Waals surface area contributed by atoms with Gasteiger partial charge in [-0.15, -0.1) is 0 Å². The monoisotopic (exact) mass is 507 g/mol. The third kappa shape index (κ3) is 5.18. The van der Waals surface area contributed by atoms with Crippen LogP contribution in [-0.4, -0.2) is 28.8 Å². The number of carboxylic acids is 1. The summed E-state index contributed by atoms with van der Waals surface area (Å²) in [5.74, 6) is 0.201. The predicted octanol–water partition coefficient (Wildman–Crippen LogP) is 5.21. The standard InChI is InChI=1S/C28H29NO6S/c1-15-18(4)34-25-17(3)26-22(12-21(15)25)16(2)20(28(33)35-26)10-11-24(30)29-23(27(31)32)14-36-13-19-8-6-5-7-9-19/h5-9,12,23H,10-11,13-14H2,1-4H3,(H,29,30)(H,31,32). The molecule has 0 saturated carbocycles. The molecule has 4 rings (SSSR count). The van der Waals surface area contributed by atoms with Gasteiger partial charge in [0.25, 0.3) is 0 Å². The molecule has 1 atom stereocenters. The number of benzene rings is 2. The van der Waals surface area contributed by atoms with Crippen molar-refractivity contribution in [1.82, 2.24) is 5.32 Å². The maximum Gasteiger partial charge on any atom is 0.339 e. The zero-order valence-corrected chi connectivity index (χ0v) is 21.6. The number of thioether (sulfide) groups is 1. The van der Waals surface area contributed by atoms with Crippen LogP contribution in [-0.2, 0) is 21.8 Å². The molecule has 0 aliphatic heterocycles. The van der Waals surface area contributed by atoms with Gasteiger partial charge >= 0.3 is 11.6 Å². The molecule has 188 valence electrons. The van der Waals surface area contributed by atoms with Crippen LogP contribution in [0.15, 0.2) is 50.0 Å². The second-order valence-electron chi connectivity index (χ2n) is 8.99. The number of furan rings is 1. The number of amides is 1. The average molecular weight is 508 g/mol. The number of carboxylic acid groups (broad SMARTS) is 1. The first-order valence-corrected chi connectivity index (χ1v) is 12.9. The molecule has 2 heterocycles. The Morgan fingerprint density at radius 1 is 0.972 bits per heavy atom. The van der Waals surface area contributed by atoms with E-state index in [-0.39, 0.29) is 18.6 Å². The van der Waals surface area contributed by atoms with E-state index in [0.29, 0.717) is 22.5 Å². The molecule has 36 heavy (non-hydrogen) atoms. The Kier molecular flexibility index (Phi) is 7.54. The first kappa shape index (κ1) is 25.6. The molecule has 7 nitrogen and oxygen atoms in total. The zero-order valence-electron chi connectivity index (χ0n) is 20.8. The molecule has 0 bridgehead atoms. The van der Waals surface area contributed by atoms with Crippen molar-refractivity contribution in [2.24, 2.45) is 0 Å². The van der Waals surface area contributed by atoms with Gasteiger partial charge in [-0.05, 0) is 56.9 Å². The Morgan fingerprint density at radius 3 is 2.33 bits per heavy atom. The van der Waals surface area contributed by atoms with Crippen LogP contribution in [0.1, 0.15) is 40.0 Å². The minimum atomic E-state index is -1.09. The number of carbonyl (C=O) groups excluding carboxylic acids is 1. The number of aryl methyl sites for hydroxylation is 4. The van der Waals surface area contributed by atoms with E-state index < -0.39 is 23.5 Å². The van der Waals surface area contributed by atoms with Crippen LogP contribution in [0.5, 0.6) is 0 Å². The van der Waals surface area contributed by atoms with E-state index in [1.807, 2.05) is 64.1 Å². The summed E-state index contributed by atoms with van der Waals surface area (Å²) in [7, 11) is 0. The second-order valence-corrected chi connectivity index (χ2v) is 10.0. The highest BCUT2D eigenvalue weighted by molar-refractivity contribution is 7.98. The third-order valence-corrected chi connectivity index (χ3v) is 7.68. The van der Waals surface area contributed by atoms with Crippen LogP contribution >= 0.6 is 11.8 Å². The summed E-state index contributed by atoms with van der Waals surface area (Å²) >= 11 is 1.44. The summed E-state index contributed by atoms with van der Waals surface area (Å²) in [6.45, 7) is 7.60. The van der Waals surface area contributed by atoms with Gasteiger partial charge in [0.05, 0.1) is 0 Å². The Hall–Kier alpha value is -3.52.